The summed E-state index contributed by atoms with van der Waals surface area (Å²) in [5.41, 5.74) is 6.94. The Bertz CT molecular complexity index is 1160. The number of allylic oxidation sites excluding steroid dienone is 1. The highest BCUT2D eigenvalue weighted by molar-refractivity contribution is 7.99. The molecule has 2 aromatic heterocycles. The number of thiophene rings is 1. The number of anilines is 1. The van der Waals surface area contributed by atoms with Gasteiger partial charge < -0.3 is 11.1 Å². The lowest BCUT2D eigenvalue weighted by Gasteiger charge is -2.10. The minimum Gasteiger partial charge on any atom is -0.366 e. The lowest BCUT2D eigenvalue weighted by Crippen LogP contribution is -2.23. The van der Waals surface area contributed by atoms with Gasteiger partial charge in [-0.3, -0.25) is 19.0 Å². The largest absolute Gasteiger partial charge is 0.366 e. The molecule has 150 valence electrons. The summed E-state index contributed by atoms with van der Waals surface area (Å²) in [4.78, 5) is 42.7. The number of carbonyl (C=O) groups excluding carboxylic acids is 2. The molecule has 3 aromatic rings. The molecule has 29 heavy (non-hydrogen) atoms. The smallest absolute Gasteiger partial charge is 0.263 e. The van der Waals surface area contributed by atoms with Crippen molar-refractivity contribution in [3.05, 3.63) is 63.3 Å². The number of nitrogens with two attached hydrogens (primary N) is 1. The van der Waals surface area contributed by atoms with E-state index in [0.29, 0.717) is 33.2 Å². The second-order valence-corrected chi connectivity index (χ2v) is 8.49. The predicted molar refractivity (Wildman–Crippen MR) is 118 cm³/mol. The lowest BCUT2D eigenvalue weighted by molar-refractivity contribution is -0.113. The highest BCUT2D eigenvalue weighted by Crippen LogP contribution is 2.28. The van der Waals surface area contributed by atoms with E-state index in [1.54, 1.807) is 30.3 Å². The van der Waals surface area contributed by atoms with Gasteiger partial charge in [-0.15, -0.1) is 17.9 Å². The molecule has 2 heterocycles. The summed E-state index contributed by atoms with van der Waals surface area (Å²) >= 11 is 2.66. The summed E-state index contributed by atoms with van der Waals surface area (Å²) in [6.07, 6.45) is 1.63. The first-order chi connectivity index (χ1) is 13.8. The fraction of sp³-hybridized carbons (Fsp3) is 0.200. The number of amides is 2. The number of aromatic nitrogens is 2. The number of nitrogens with zero attached hydrogens (tertiary/aromatic N) is 2. The molecule has 0 bridgehead atoms. The molecule has 0 aliphatic heterocycles. The fourth-order valence-electron chi connectivity index (χ4n) is 2.75. The number of nitrogens with one attached hydrogen (secondary N) is 1. The van der Waals surface area contributed by atoms with E-state index < -0.39 is 5.91 Å². The van der Waals surface area contributed by atoms with Crippen molar-refractivity contribution in [2.75, 3.05) is 11.1 Å². The monoisotopic (exact) mass is 428 g/mol. The van der Waals surface area contributed by atoms with Crippen molar-refractivity contribution in [1.82, 2.24) is 9.55 Å². The first-order valence-corrected chi connectivity index (χ1v) is 10.6. The van der Waals surface area contributed by atoms with Crippen LogP contribution < -0.4 is 16.6 Å². The molecule has 0 radical (unpaired) electrons. The molecule has 0 fully saturated rings. The summed E-state index contributed by atoms with van der Waals surface area (Å²) in [5.74, 6) is -0.699. The fourth-order valence-corrected chi connectivity index (χ4v) is 4.63. The molecule has 0 saturated heterocycles. The van der Waals surface area contributed by atoms with Crippen molar-refractivity contribution >= 4 is 50.8 Å². The van der Waals surface area contributed by atoms with E-state index in [0.717, 1.165) is 10.4 Å². The molecule has 1 aromatic carbocycles. The molecule has 7 nitrogen and oxygen atoms in total. The molecule has 9 heteroatoms. The number of benzene rings is 1. The van der Waals surface area contributed by atoms with E-state index in [1.165, 1.54) is 27.7 Å². The van der Waals surface area contributed by atoms with E-state index in [2.05, 4.69) is 16.9 Å². The topological polar surface area (TPSA) is 107 Å². The quantitative estimate of drug-likeness (QED) is 0.342. The van der Waals surface area contributed by atoms with Gasteiger partial charge in [-0.1, -0.05) is 17.8 Å². The number of aryl methyl sites for hydroxylation is 2. The van der Waals surface area contributed by atoms with Crippen LogP contribution in [0.15, 0.2) is 46.9 Å². The number of primary amides is 1. The molecule has 0 saturated carbocycles. The molecule has 0 spiro atoms. The van der Waals surface area contributed by atoms with Gasteiger partial charge in [0.05, 0.1) is 11.1 Å². The third kappa shape index (κ3) is 4.41. The number of fused-ring (bicyclic) bond motifs is 1. The van der Waals surface area contributed by atoms with Crippen LogP contribution in [0.2, 0.25) is 0 Å². The number of thioether (sulfide) groups is 1. The van der Waals surface area contributed by atoms with Crippen LogP contribution in [0.1, 0.15) is 20.8 Å². The zero-order valence-corrected chi connectivity index (χ0v) is 17.7. The average Bonchev–Trinajstić information content (AvgIpc) is 2.97. The molecular weight excluding hydrogens is 408 g/mol. The van der Waals surface area contributed by atoms with Crippen LogP contribution in [0.4, 0.5) is 5.69 Å². The summed E-state index contributed by atoms with van der Waals surface area (Å²) in [6, 6.07) is 6.31. The van der Waals surface area contributed by atoms with Crippen LogP contribution in [-0.4, -0.2) is 27.1 Å². The van der Waals surface area contributed by atoms with Crippen LogP contribution in [0.5, 0.6) is 0 Å². The summed E-state index contributed by atoms with van der Waals surface area (Å²) < 4.78 is 1.54. The second kappa shape index (κ2) is 8.62. The highest BCUT2D eigenvalue weighted by atomic mass is 32.2. The minimum absolute atomic E-state index is 0.0794. The zero-order valence-electron chi connectivity index (χ0n) is 16.0. The first-order valence-electron chi connectivity index (χ1n) is 8.75. The summed E-state index contributed by atoms with van der Waals surface area (Å²) in [5, 5.41) is 3.85. The van der Waals surface area contributed by atoms with Crippen molar-refractivity contribution in [2.24, 2.45) is 5.73 Å². The molecule has 0 unspecified atom stereocenters. The molecule has 0 aliphatic rings. The van der Waals surface area contributed by atoms with Crippen molar-refractivity contribution in [1.29, 1.82) is 0 Å². The molecule has 0 atom stereocenters. The van der Waals surface area contributed by atoms with Crippen molar-refractivity contribution in [3.8, 4) is 0 Å². The van der Waals surface area contributed by atoms with E-state index in [9.17, 15) is 14.4 Å². The number of hydrogen-bond donors (Lipinski definition) is 2. The van der Waals surface area contributed by atoms with Crippen molar-refractivity contribution < 1.29 is 9.59 Å². The number of rotatable bonds is 7. The third-order valence-electron chi connectivity index (χ3n) is 4.35. The Morgan fingerprint density at radius 2 is 2.00 bits per heavy atom. The molecular formula is C20H20N4O3S2. The molecule has 3 N–H and O–H groups in total. The summed E-state index contributed by atoms with van der Waals surface area (Å²) in [6.45, 7) is 7.90. The van der Waals surface area contributed by atoms with Crippen LogP contribution in [0.25, 0.3) is 10.2 Å². The van der Waals surface area contributed by atoms with Crippen LogP contribution in [0.3, 0.4) is 0 Å². The van der Waals surface area contributed by atoms with E-state index in [1.807, 2.05) is 13.8 Å². The Labute approximate surface area is 175 Å². The van der Waals surface area contributed by atoms with E-state index in [4.69, 9.17) is 5.73 Å². The zero-order chi connectivity index (χ0) is 21.1. The van der Waals surface area contributed by atoms with Crippen molar-refractivity contribution in [3.63, 3.8) is 0 Å². The van der Waals surface area contributed by atoms with Crippen LogP contribution >= 0.6 is 23.1 Å². The average molecular weight is 429 g/mol. The Balaban J connectivity index is 1.79. The normalized spacial score (nSPS) is 10.8. The predicted octanol–water partition coefficient (Wildman–Crippen LogP) is 3.09. The van der Waals surface area contributed by atoms with Gasteiger partial charge in [0, 0.05) is 22.7 Å². The second-order valence-electron chi connectivity index (χ2n) is 6.34. The maximum Gasteiger partial charge on any atom is 0.263 e. The van der Waals surface area contributed by atoms with Crippen LogP contribution in [0, 0.1) is 13.8 Å². The molecule has 2 amide bonds. The molecule has 0 aliphatic carbocycles. The van der Waals surface area contributed by atoms with Gasteiger partial charge in [0.15, 0.2) is 5.16 Å². The van der Waals surface area contributed by atoms with Gasteiger partial charge in [0.2, 0.25) is 11.8 Å². The maximum absolute atomic E-state index is 12.9. The van der Waals surface area contributed by atoms with Gasteiger partial charge in [-0.25, -0.2) is 4.98 Å². The van der Waals surface area contributed by atoms with Crippen molar-refractivity contribution in [2.45, 2.75) is 25.5 Å². The SMILES string of the molecule is C=CCn1c(SCC(=O)Nc2ccc(C(N)=O)cc2)nc2sc(C)c(C)c2c1=O. The van der Waals surface area contributed by atoms with Gasteiger partial charge in [0.1, 0.15) is 4.83 Å². The minimum atomic E-state index is -0.529. The number of hydrogen-bond acceptors (Lipinski definition) is 6. The Morgan fingerprint density at radius 3 is 2.62 bits per heavy atom. The van der Waals surface area contributed by atoms with Gasteiger partial charge in [-0.05, 0) is 43.7 Å². The Hall–Kier alpha value is -2.91. The number of carbonyl (C=O) groups is 2. The van der Waals surface area contributed by atoms with Crippen LogP contribution in [-0.2, 0) is 11.3 Å². The Kier molecular flexibility index (Phi) is 6.19. The Morgan fingerprint density at radius 1 is 1.31 bits per heavy atom. The van der Waals surface area contributed by atoms with E-state index >= 15 is 0 Å². The standard InChI is InChI=1S/C20H20N4O3S2/c1-4-9-24-19(27)16-11(2)12(3)29-18(16)23-20(24)28-10-15(25)22-14-7-5-13(6-8-14)17(21)26/h4-8H,1,9-10H2,2-3H3,(H2,21,26)(H,22,25). The van der Waals surface area contributed by atoms with Gasteiger partial charge >= 0.3 is 0 Å². The molecule has 3 rings (SSSR count). The van der Waals surface area contributed by atoms with Gasteiger partial charge in [-0.2, -0.15) is 0 Å². The van der Waals surface area contributed by atoms with Gasteiger partial charge in [0.25, 0.3) is 5.56 Å². The first kappa shape index (κ1) is 20.8. The third-order valence-corrected chi connectivity index (χ3v) is 6.43. The van der Waals surface area contributed by atoms with E-state index in [-0.39, 0.29) is 17.2 Å². The lowest BCUT2D eigenvalue weighted by atomic mass is 10.2. The maximum atomic E-state index is 12.9. The summed E-state index contributed by atoms with van der Waals surface area (Å²) in [7, 11) is 0. The highest BCUT2D eigenvalue weighted by Gasteiger charge is 2.17.